The van der Waals surface area contributed by atoms with Crippen LogP contribution in [0.15, 0.2) is 24.8 Å². The number of esters is 1. The minimum absolute atomic E-state index is 0.133. The molecule has 0 aliphatic rings. The summed E-state index contributed by atoms with van der Waals surface area (Å²) in [6.45, 7) is 7.15. The molecule has 1 aromatic carbocycles. The van der Waals surface area contributed by atoms with E-state index in [-0.39, 0.29) is 5.78 Å². The highest BCUT2D eigenvalue weighted by molar-refractivity contribution is 14.1. The smallest absolute Gasteiger partial charge is 0.338 e. The average Bonchev–Trinajstić information content (AvgIpc) is 2.28. The molecule has 0 radical (unpaired) electrons. The highest BCUT2D eigenvalue weighted by Crippen LogP contribution is 2.22. The Morgan fingerprint density at radius 3 is 2.61 bits per heavy atom. The van der Waals surface area contributed by atoms with E-state index in [0.29, 0.717) is 24.2 Å². The van der Waals surface area contributed by atoms with Crippen LogP contribution in [-0.2, 0) is 11.2 Å². The van der Waals surface area contributed by atoms with Crippen molar-refractivity contribution in [3.63, 3.8) is 0 Å². The molecule has 4 heteroatoms. The number of ketones is 1. The molecule has 0 aliphatic carbocycles. The lowest BCUT2D eigenvalue weighted by molar-refractivity contribution is 0.0523. The van der Waals surface area contributed by atoms with Gasteiger partial charge in [-0.2, -0.15) is 0 Å². The third-order valence-corrected chi connectivity index (χ3v) is 3.02. The monoisotopic (exact) mass is 358 g/mol. The molecule has 96 valence electrons. The molecule has 3 nitrogen and oxygen atoms in total. The third kappa shape index (κ3) is 3.41. The van der Waals surface area contributed by atoms with Crippen molar-refractivity contribution in [2.45, 2.75) is 20.3 Å². The van der Waals surface area contributed by atoms with E-state index in [2.05, 4.69) is 29.2 Å². The standard InChI is InChI=1S/C14H15IO3/c1-4-6-10-7-11(15)8-12(13(10)9(3)16)14(17)18-5-2/h4,7-8H,1,5-6H2,2-3H3. The molecule has 0 saturated carbocycles. The van der Waals surface area contributed by atoms with Gasteiger partial charge in [0.05, 0.1) is 12.2 Å². The number of carbonyl (C=O) groups excluding carboxylic acids is 2. The molecule has 0 bridgehead atoms. The first-order chi connectivity index (χ1) is 8.51. The molecule has 0 spiro atoms. The lowest BCUT2D eigenvalue weighted by Gasteiger charge is -2.12. The molecule has 0 N–H and O–H groups in total. The fourth-order valence-electron chi connectivity index (χ4n) is 1.77. The van der Waals surface area contributed by atoms with Crippen LogP contribution in [0.3, 0.4) is 0 Å². The summed E-state index contributed by atoms with van der Waals surface area (Å²) in [5, 5.41) is 0. The van der Waals surface area contributed by atoms with E-state index in [9.17, 15) is 9.59 Å². The van der Waals surface area contributed by atoms with Gasteiger partial charge in [0.2, 0.25) is 0 Å². The second-order valence-electron chi connectivity index (χ2n) is 3.76. The third-order valence-electron chi connectivity index (χ3n) is 2.40. The second kappa shape index (κ2) is 6.68. The summed E-state index contributed by atoms with van der Waals surface area (Å²) in [5.74, 6) is -0.585. The van der Waals surface area contributed by atoms with Gasteiger partial charge in [-0.1, -0.05) is 6.08 Å². The van der Waals surface area contributed by atoms with E-state index in [1.807, 2.05) is 6.07 Å². The lowest BCUT2D eigenvalue weighted by atomic mass is 9.96. The fourth-order valence-corrected chi connectivity index (χ4v) is 2.45. The lowest BCUT2D eigenvalue weighted by Crippen LogP contribution is -2.13. The summed E-state index contributed by atoms with van der Waals surface area (Å²) in [7, 11) is 0. The average molecular weight is 358 g/mol. The summed E-state index contributed by atoms with van der Waals surface area (Å²) < 4.78 is 5.89. The van der Waals surface area contributed by atoms with E-state index in [1.165, 1.54) is 6.92 Å². The zero-order chi connectivity index (χ0) is 13.7. The van der Waals surface area contributed by atoms with Gasteiger partial charge in [-0.3, -0.25) is 4.79 Å². The maximum Gasteiger partial charge on any atom is 0.338 e. The zero-order valence-electron chi connectivity index (χ0n) is 10.5. The highest BCUT2D eigenvalue weighted by Gasteiger charge is 2.19. The van der Waals surface area contributed by atoms with Gasteiger partial charge in [-0.25, -0.2) is 4.79 Å². The Morgan fingerprint density at radius 2 is 2.11 bits per heavy atom. The molecule has 0 amide bonds. The largest absolute Gasteiger partial charge is 0.462 e. The topological polar surface area (TPSA) is 43.4 Å². The predicted octanol–water partition coefficient (Wildman–Crippen LogP) is 3.40. The first kappa shape index (κ1) is 14.9. The molecule has 0 aromatic heterocycles. The zero-order valence-corrected chi connectivity index (χ0v) is 12.6. The van der Waals surface area contributed by atoms with E-state index >= 15 is 0 Å². The molecule has 1 rings (SSSR count). The Balaban J connectivity index is 3.42. The molecule has 0 heterocycles. The van der Waals surface area contributed by atoms with E-state index in [0.717, 1.165) is 9.13 Å². The van der Waals surface area contributed by atoms with Crippen molar-refractivity contribution in [3.05, 3.63) is 45.0 Å². The van der Waals surface area contributed by atoms with Crippen molar-refractivity contribution >= 4 is 34.3 Å². The quantitative estimate of drug-likeness (QED) is 0.351. The molecule has 0 fully saturated rings. The van der Waals surface area contributed by atoms with Gasteiger partial charge >= 0.3 is 5.97 Å². The number of hydrogen-bond acceptors (Lipinski definition) is 3. The number of halogens is 1. The number of carbonyl (C=O) groups is 2. The van der Waals surface area contributed by atoms with Gasteiger partial charge in [0.15, 0.2) is 5.78 Å². The number of hydrogen-bond donors (Lipinski definition) is 0. The van der Waals surface area contributed by atoms with Crippen LogP contribution in [0.5, 0.6) is 0 Å². The maximum atomic E-state index is 11.9. The van der Waals surface area contributed by atoms with Crippen LogP contribution in [0.4, 0.5) is 0 Å². The first-order valence-corrected chi connectivity index (χ1v) is 6.70. The highest BCUT2D eigenvalue weighted by atomic mass is 127. The minimum atomic E-state index is -0.452. The Bertz CT molecular complexity index is 492. The number of Topliss-reactive ketones (excluding diaryl/α,β-unsaturated/α-hetero) is 1. The maximum absolute atomic E-state index is 11.9. The summed E-state index contributed by atoms with van der Waals surface area (Å²) in [6, 6.07) is 3.57. The van der Waals surface area contributed by atoms with Crippen molar-refractivity contribution in [1.29, 1.82) is 0 Å². The van der Waals surface area contributed by atoms with Gasteiger partial charge in [0, 0.05) is 9.13 Å². The first-order valence-electron chi connectivity index (χ1n) is 5.62. The van der Waals surface area contributed by atoms with Gasteiger partial charge in [-0.15, -0.1) is 6.58 Å². The molecular weight excluding hydrogens is 343 g/mol. The van der Waals surface area contributed by atoms with Crippen LogP contribution in [0, 0.1) is 3.57 Å². The van der Waals surface area contributed by atoms with Crippen molar-refractivity contribution in [2.75, 3.05) is 6.61 Å². The molecule has 0 atom stereocenters. The van der Waals surface area contributed by atoms with Gasteiger partial charge < -0.3 is 4.74 Å². The fraction of sp³-hybridized carbons (Fsp3) is 0.286. The van der Waals surface area contributed by atoms with Crippen LogP contribution < -0.4 is 0 Å². The van der Waals surface area contributed by atoms with E-state index < -0.39 is 5.97 Å². The van der Waals surface area contributed by atoms with Crippen molar-refractivity contribution in [1.82, 2.24) is 0 Å². The van der Waals surface area contributed by atoms with Crippen LogP contribution in [0.2, 0.25) is 0 Å². The van der Waals surface area contributed by atoms with E-state index in [4.69, 9.17) is 4.74 Å². The van der Waals surface area contributed by atoms with Gasteiger partial charge in [-0.05, 0) is 60.6 Å². The summed E-state index contributed by atoms with van der Waals surface area (Å²) in [4.78, 5) is 23.6. The summed E-state index contributed by atoms with van der Waals surface area (Å²) in [5.41, 5.74) is 1.59. The number of ether oxygens (including phenoxy) is 1. The number of rotatable bonds is 5. The Kier molecular flexibility index (Phi) is 5.53. The molecule has 0 saturated heterocycles. The number of benzene rings is 1. The SMILES string of the molecule is C=CCc1cc(I)cc(C(=O)OCC)c1C(C)=O. The normalized spacial score (nSPS) is 9.94. The van der Waals surface area contributed by atoms with Crippen molar-refractivity contribution in [3.8, 4) is 0 Å². The summed E-state index contributed by atoms with van der Waals surface area (Å²) in [6.07, 6.45) is 2.27. The van der Waals surface area contributed by atoms with Gasteiger partial charge in [0.25, 0.3) is 0 Å². The molecule has 0 aliphatic heterocycles. The molecule has 18 heavy (non-hydrogen) atoms. The van der Waals surface area contributed by atoms with Crippen LogP contribution in [0.1, 0.15) is 40.1 Å². The summed E-state index contributed by atoms with van der Waals surface area (Å²) >= 11 is 2.12. The van der Waals surface area contributed by atoms with Crippen LogP contribution >= 0.6 is 22.6 Å². The Morgan fingerprint density at radius 1 is 1.44 bits per heavy atom. The van der Waals surface area contributed by atoms with Crippen molar-refractivity contribution in [2.24, 2.45) is 0 Å². The van der Waals surface area contributed by atoms with E-state index in [1.54, 1.807) is 19.1 Å². The minimum Gasteiger partial charge on any atom is -0.462 e. The molecular formula is C14H15IO3. The molecule has 1 aromatic rings. The Labute approximate surface area is 120 Å². The molecule has 0 unspecified atom stereocenters. The Hall–Kier alpha value is -1.17. The van der Waals surface area contributed by atoms with Crippen molar-refractivity contribution < 1.29 is 14.3 Å². The van der Waals surface area contributed by atoms with Crippen LogP contribution in [0.25, 0.3) is 0 Å². The van der Waals surface area contributed by atoms with Crippen LogP contribution in [-0.4, -0.2) is 18.4 Å². The number of allylic oxidation sites excluding steroid dienone is 1. The second-order valence-corrected chi connectivity index (χ2v) is 5.00. The predicted molar refractivity (Wildman–Crippen MR) is 79.0 cm³/mol. The van der Waals surface area contributed by atoms with Gasteiger partial charge in [0.1, 0.15) is 0 Å².